The molecular formula is C18H18N5O3-. The third-order valence-corrected chi connectivity index (χ3v) is 3.90. The number of hydrogen-bond acceptors (Lipinski definition) is 6. The molecule has 0 spiro atoms. The number of anilines is 1. The quantitative estimate of drug-likeness (QED) is 0.692. The van der Waals surface area contributed by atoms with Crippen LogP contribution in [-0.4, -0.2) is 35.7 Å². The predicted molar refractivity (Wildman–Crippen MR) is 94.2 cm³/mol. The molecule has 8 nitrogen and oxygen atoms in total. The zero-order valence-electron chi connectivity index (χ0n) is 14.4. The Morgan fingerprint density at radius 1 is 1.12 bits per heavy atom. The van der Waals surface area contributed by atoms with Gasteiger partial charge in [-0.05, 0) is 36.2 Å². The first-order valence-corrected chi connectivity index (χ1v) is 7.96. The molecule has 0 aliphatic heterocycles. The average Bonchev–Trinajstić information content (AvgIpc) is 3.21. The zero-order chi connectivity index (χ0) is 18.4. The first kappa shape index (κ1) is 17.4. The van der Waals surface area contributed by atoms with Gasteiger partial charge in [0.1, 0.15) is 11.5 Å². The maximum absolute atomic E-state index is 12.8. The summed E-state index contributed by atoms with van der Waals surface area (Å²) in [4.78, 5) is 12.8. The summed E-state index contributed by atoms with van der Waals surface area (Å²) in [7, 11) is 3.18. The fourth-order valence-corrected chi connectivity index (χ4v) is 2.52. The lowest BCUT2D eigenvalue weighted by Crippen LogP contribution is -2.24. The van der Waals surface area contributed by atoms with E-state index >= 15 is 0 Å². The highest BCUT2D eigenvalue weighted by molar-refractivity contribution is 5.95. The highest BCUT2D eigenvalue weighted by Crippen LogP contribution is 2.23. The van der Waals surface area contributed by atoms with Gasteiger partial charge < -0.3 is 19.9 Å². The Balaban J connectivity index is 1.80. The highest BCUT2D eigenvalue weighted by atomic mass is 16.5. The summed E-state index contributed by atoms with van der Waals surface area (Å²) in [6.45, 7) is 0. The van der Waals surface area contributed by atoms with Crippen LogP contribution >= 0.6 is 0 Å². The summed E-state index contributed by atoms with van der Waals surface area (Å²) in [5, 5.41) is 17.6. The van der Waals surface area contributed by atoms with Gasteiger partial charge >= 0.3 is 0 Å². The Hall–Kier alpha value is -3.42. The lowest BCUT2D eigenvalue weighted by molar-refractivity contribution is -0.117. The second kappa shape index (κ2) is 8.11. The second-order valence-corrected chi connectivity index (χ2v) is 5.56. The topological polar surface area (TPSA) is 100 Å². The summed E-state index contributed by atoms with van der Waals surface area (Å²) in [5.74, 6) is 0.816. The number of rotatable bonds is 7. The van der Waals surface area contributed by atoms with E-state index < -0.39 is 5.92 Å². The van der Waals surface area contributed by atoms with Gasteiger partial charge in [-0.2, -0.15) is 5.21 Å². The Bertz CT molecular complexity index is 850. The van der Waals surface area contributed by atoms with E-state index in [0.717, 1.165) is 11.3 Å². The fraction of sp³-hybridized carbons (Fsp3) is 0.222. The van der Waals surface area contributed by atoms with Gasteiger partial charge in [0, 0.05) is 17.6 Å². The minimum Gasteiger partial charge on any atom is -0.497 e. The molecule has 2 aromatic carbocycles. The largest absolute Gasteiger partial charge is 0.497 e. The second-order valence-electron chi connectivity index (χ2n) is 5.56. The molecule has 0 saturated carbocycles. The monoisotopic (exact) mass is 352 g/mol. The molecule has 26 heavy (non-hydrogen) atoms. The molecule has 1 atom stereocenters. The molecule has 0 radical (unpaired) electrons. The molecule has 1 N–H and O–H groups in total. The van der Waals surface area contributed by atoms with Gasteiger partial charge in [-0.25, -0.2) is 0 Å². The van der Waals surface area contributed by atoms with Crippen molar-refractivity contribution in [2.24, 2.45) is 0 Å². The molecule has 0 unspecified atom stereocenters. The summed E-state index contributed by atoms with van der Waals surface area (Å²) in [6, 6.07) is 14.6. The molecule has 8 heteroatoms. The van der Waals surface area contributed by atoms with Crippen LogP contribution in [0.5, 0.6) is 11.5 Å². The molecule has 0 fully saturated rings. The fourth-order valence-electron chi connectivity index (χ4n) is 2.52. The van der Waals surface area contributed by atoms with Crippen molar-refractivity contribution < 1.29 is 14.3 Å². The van der Waals surface area contributed by atoms with Gasteiger partial charge in [-0.1, -0.05) is 18.2 Å². The lowest BCUT2D eigenvalue weighted by Gasteiger charge is -2.17. The van der Waals surface area contributed by atoms with Crippen LogP contribution in [0.2, 0.25) is 0 Å². The molecule has 3 rings (SSSR count). The van der Waals surface area contributed by atoms with Crippen molar-refractivity contribution in [2.45, 2.75) is 12.3 Å². The van der Waals surface area contributed by atoms with E-state index in [1.54, 1.807) is 38.5 Å². The normalized spacial score (nSPS) is 11.6. The molecule has 1 aromatic heterocycles. The Morgan fingerprint density at radius 3 is 2.54 bits per heavy atom. The van der Waals surface area contributed by atoms with Gasteiger partial charge in [-0.15, -0.1) is 0 Å². The predicted octanol–water partition coefficient (Wildman–Crippen LogP) is 1.81. The number of carbonyl (C=O) groups excluding carboxylic acids is 1. The first-order valence-electron chi connectivity index (χ1n) is 7.96. The molecule has 134 valence electrons. The van der Waals surface area contributed by atoms with E-state index in [4.69, 9.17) is 9.47 Å². The molecule has 3 aromatic rings. The first-order chi connectivity index (χ1) is 12.7. The number of carbonyl (C=O) groups is 1. The smallest absolute Gasteiger partial charge is 0.232 e. The van der Waals surface area contributed by atoms with Crippen molar-refractivity contribution in [3.05, 3.63) is 59.9 Å². The number of nitrogens with one attached hydrogen (secondary N) is 1. The Labute approximate surface area is 150 Å². The van der Waals surface area contributed by atoms with Crippen LogP contribution in [0.15, 0.2) is 48.5 Å². The van der Waals surface area contributed by atoms with Crippen molar-refractivity contribution in [1.29, 1.82) is 0 Å². The van der Waals surface area contributed by atoms with E-state index in [0.29, 0.717) is 17.9 Å². The van der Waals surface area contributed by atoms with E-state index in [2.05, 4.69) is 25.9 Å². The Morgan fingerprint density at radius 2 is 1.88 bits per heavy atom. The lowest BCUT2D eigenvalue weighted by atomic mass is 9.97. The van der Waals surface area contributed by atoms with Crippen LogP contribution in [0.4, 0.5) is 5.69 Å². The standard InChI is InChI=1S/C18H19N5O3/c1-25-14-8-6-12(7-9-14)10-16(17-20-22-23-21-17)18(24)19-13-4-3-5-15(11-13)26-2/h3-9,11,16H,10H2,1-2H3,(H2,19,20,21,22,23,24)/p-1/t16-/m0/s1. The summed E-state index contributed by atoms with van der Waals surface area (Å²) < 4.78 is 10.3. The van der Waals surface area contributed by atoms with Crippen LogP contribution in [0.1, 0.15) is 17.3 Å². The molecule has 1 amide bonds. The zero-order valence-corrected chi connectivity index (χ0v) is 14.4. The molecule has 0 aliphatic rings. The number of ether oxygens (including phenoxy) is 2. The molecule has 0 aliphatic carbocycles. The van der Waals surface area contributed by atoms with Crippen LogP contribution in [0.3, 0.4) is 0 Å². The number of aromatic nitrogens is 4. The number of benzene rings is 2. The Kier molecular flexibility index (Phi) is 5.43. The number of amides is 1. The minimum absolute atomic E-state index is 0.246. The maximum atomic E-state index is 12.8. The third kappa shape index (κ3) is 4.15. The SMILES string of the molecule is COc1ccc(C[C@H](C(=O)Nc2cccc(OC)c2)c2nnn[n-]2)cc1. The van der Waals surface area contributed by atoms with E-state index in [1.807, 2.05) is 24.3 Å². The summed E-state index contributed by atoms with van der Waals surface area (Å²) in [6.07, 6.45) is 0.410. The van der Waals surface area contributed by atoms with Crippen molar-refractivity contribution >= 4 is 11.6 Å². The number of tetrazole rings is 1. The van der Waals surface area contributed by atoms with Crippen molar-refractivity contribution in [2.75, 3.05) is 19.5 Å². The van der Waals surface area contributed by atoms with Crippen molar-refractivity contribution in [3.8, 4) is 11.5 Å². The van der Waals surface area contributed by atoms with Crippen LogP contribution in [-0.2, 0) is 11.2 Å². The summed E-state index contributed by atoms with van der Waals surface area (Å²) >= 11 is 0. The maximum Gasteiger partial charge on any atom is 0.232 e. The van der Waals surface area contributed by atoms with Gasteiger partial charge in [0.05, 0.1) is 20.1 Å². The highest BCUT2D eigenvalue weighted by Gasteiger charge is 2.21. The van der Waals surface area contributed by atoms with Crippen LogP contribution in [0, 0.1) is 0 Å². The van der Waals surface area contributed by atoms with Crippen molar-refractivity contribution in [1.82, 2.24) is 20.6 Å². The van der Waals surface area contributed by atoms with E-state index in [9.17, 15) is 4.79 Å². The molecule has 0 bridgehead atoms. The number of hydrogen-bond donors (Lipinski definition) is 1. The molecule has 1 heterocycles. The van der Waals surface area contributed by atoms with E-state index in [-0.39, 0.29) is 11.7 Å². The minimum atomic E-state index is -0.621. The number of methoxy groups -OCH3 is 2. The molecular weight excluding hydrogens is 334 g/mol. The van der Waals surface area contributed by atoms with Crippen molar-refractivity contribution in [3.63, 3.8) is 0 Å². The van der Waals surface area contributed by atoms with E-state index in [1.165, 1.54) is 0 Å². The van der Waals surface area contributed by atoms with Crippen LogP contribution in [0.25, 0.3) is 0 Å². The van der Waals surface area contributed by atoms with Crippen LogP contribution < -0.4 is 19.9 Å². The van der Waals surface area contributed by atoms with Gasteiger partial charge in [0.2, 0.25) is 5.91 Å². The molecule has 0 saturated heterocycles. The van der Waals surface area contributed by atoms with Gasteiger partial charge in [0.25, 0.3) is 0 Å². The van der Waals surface area contributed by atoms with Gasteiger partial charge in [0.15, 0.2) is 0 Å². The van der Waals surface area contributed by atoms with Gasteiger partial charge in [-0.3, -0.25) is 15.1 Å². The third-order valence-electron chi connectivity index (χ3n) is 3.90. The summed E-state index contributed by atoms with van der Waals surface area (Å²) in [5.41, 5.74) is 1.57. The number of nitrogens with zero attached hydrogens (tertiary/aromatic N) is 4. The average molecular weight is 352 g/mol.